The molecule has 1 fully saturated rings. The monoisotopic (exact) mass is 307 g/mol. The van der Waals surface area contributed by atoms with E-state index in [1.165, 1.54) is 0 Å². The third-order valence-corrected chi connectivity index (χ3v) is 3.86. The Morgan fingerprint density at radius 3 is 2.65 bits per heavy atom. The van der Waals surface area contributed by atoms with E-state index in [4.69, 9.17) is 23.8 Å². The van der Waals surface area contributed by atoms with E-state index in [1.54, 1.807) is 29.2 Å². The number of anilines is 1. The standard InChI is InChI=1S/C14H14ClN3OS/c15-11-5-1-2-6-12(11)17-13(20)10(9-16)14(19)18-7-3-4-8-18/h1-2,5-6,10H,3-4,7-8H2,(H,17,20)/t10-/m1/s1. The van der Waals surface area contributed by atoms with Gasteiger partial charge in [0.15, 0.2) is 5.92 Å². The molecule has 0 aliphatic carbocycles. The number of rotatable bonds is 3. The normalized spacial score (nSPS) is 15.5. The lowest BCUT2D eigenvalue weighted by Crippen LogP contribution is -2.38. The third kappa shape index (κ3) is 3.27. The van der Waals surface area contributed by atoms with Gasteiger partial charge in [-0.15, -0.1) is 0 Å². The Kier molecular flexibility index (Phi) is 4.94. The number of nitrogens with one attached hydrogen (secondary N) is 1. The molecule has 4 nitrogen and oxygen atoms in total. The minimum Gasteiger partial charge on any atom is -0.347 e. The summed E-state index contributed by atoms with van der Waals surface area (Å²) in [7, 11) is 0. The Bertz CT molecular complexity index is 564. The Morgan fingerprint density at radius 1 is 1.40 bits per heavy atom. The van der Waals surface area contributed by atoms with Crippen LogP contribution in [0.1, 0.15) is 12.8 Å². The van der Waals surface area contributed by atoms with Crippen molar-refractivity contribution < 1.29 is 4.79 Å². The first-order valence-corrected chi connectivity index (χ1v) is 7.16. The van der Waals surface area contributed by atoms with Gasteiger partial charge in [0.05, 0.1) is 16.8 Å². The summed E-state index contributed by atoms with van der Waals surface area (Å²) in [4.78, 5) is 14.1. The highest BCUT2D eigenvalue weighted by molar-refractivity contribution is 7.80. The number of thiocarbonyl (C=S) groups is 1. The van der Waals surface area contributed by atoms with Crippen molar-refractivity contribution in [1.82, 2.24) is 4.90 Å². The van der Waals surface area contributed by atoms with Crippen molar-refractivity contribution in [3.05, 3.63) is 29.3 Å². The molecular weight excluding hydrogens is 294 g/mol. The van der Waals surface area contributed by atoms with Crippen LogP contribution in [0.4, 0.5) is 5.69 Å². The van der Waals surface area contributed by atoms with E-state index in [0.717, 1.165) is 12.8 Å². The maximum Gasteiger partial charge on any atom is 0.246 e. The molecule has 1 aromatic carbocycles. The predicted molar refractivity (Wildman–Crippen MR) is 82.6 cm³/mol. The maximum atomic E-state index is 12.2. The summed E-state index contributed by atoms with van der Waals surface area (Å²) in [5, 5.41) is 12.6. The molecule has 1 amide bonds. The van der Waals surface area contributed by atoms with Gasteiger partial charge >= 0.3 is 0 Å². The van der Waals surface area contributed by atoms with Crippen LogP contribution in [0.25, 0.3) is 0 Å². The second kappa shape index (κ2) is 6.69. The first-order chi connectivity index (χ1) is 9.63. The number of benzene rings is 1. The van der Waals surface area contributed by atoms with Crippen molar-refractivity contribution in [1.29, 1.82) is 5.26 Å². The first kappa shape index (κ1) is 14.8. The second-order valence-electron chi connectivity index (χ2n) is 4.56. The van der Waals surface area contributed by atoms with E-state index >= 15 is 0 Å². The molecule has 1 aliphatic heterocycles. The van der Waals surface area contributed by atoms with Crippen molar-refractivity contribution in [2.45, 2.75) is 12.8 Å². The second-order valence-corrected chi connectivity index (χ2v) is 5.41. The summed E-state index contributed by atoms with van der Waals surface area (Å²) in [6, 6.07) is 9.06. The smallest absolute Gasteiger partial charge is 0.246 e. The molecule has 1 heterocycles. The topological polar surface area (TPSA) is 56.1 Å². The Morgan fingerprint density at radius 2 is 2.05 bits per heavy atom. The highest BCUT2D eigenvalue weighted by atomic mass is 35.5. The summed E-state index contributed by atoms with van der Waals surface area (Å²) in [6.07, 6.45) is 1.96. The van der Waals surface area contributed by atoms with Crippen molar-refractivity contribution in [3.8, 4) is 6.07 Å². The lowest BCUT2D eigenvalue weighted by molar-refractivity contribution is -0.130. The van der Waals surface area contributed by atoms with Gasteiger partial charge in [-0.3, -0.25) is 4.79 Å². The summed E-state index contributed by atoms with van der Waals surface area (Å²) in [5.74, 6) is -1.19. The number of hydrogen-bond acceptors (Lipinski definition) is 3. The molecule has 20 heavy (non-hydrogen) atoms. The molecule has 0 spiro atoms. The third-order valence-electron chi connectivity index (χ3n) is 3.19. The lowest BCUT2D eigenvalue weighted by atomic mass is 10.1. The molecule has 0 aromatic heterocycles. The molecule has 1 saturated heterocycles. The highest BCUT2D eigenvalue weighted by Crippen LogP contribution is 2.22. The fourth-order valence-electron chi connectivity index (χ4n) is 2.11. The van der Waals surface area contributed by atoms with Crippen LogP contribution in [0.15, 0.2) is 24.3 Å². The van der Waals surface area contributed by atoms with Gasteiger partial charge in [-0.25, -0.2) is 0 Å². The lowest BCUT2D eigenvalue weighted by Gasteiger charge is -2.20. The summed E-state index contributed by atoms with van der Waals surface area (Å²) >= 11 is 11.2. The molecule has 6 heteroatoms. The van der Waals surface area contributed by atoms with Gasteiger partial charge in [-0.2, -0.15) is 5.26 Å². The molecule has 1 atom stereocenters. The van der Waals surface area contributed by atoms with Crippen LogP contribution in [0.3, 0.4) is 0 Å². The van der Waals surface area contributed by atoms with Crippen LogP contribution in [-0.2, 0) is 4.79 Å². The quantitative estimate of drug-likeness (QED) is 0.872. The van der Waals surface area contributed by atoms with Gasteiger partial charge in [-0.05, 0) is 25.0 Å². The van der Waals surface area contributed by atoms with Crippen LogP contribution in [-0.4, -0.2) is 28.9 Å². The minimum absolute atomic E-state index is 0.192. The van der Waals surface area contributed by atoms with Crippen LogP contribution in [0, 0.1) is 17.2 Å². The molecule has 0 saturated carbocycles. The SMILES string of the molecule is N#C[C@@H](C(=O)N1CCCC1)C(=S)Nc1ccccc1Cl. The summed E-state index contributed by atoms with van der Waals surface area (Å²) in [6.45, 7) is 1.40. The fraction of sp³-hybridized carbons (Fsp3) is 0.357. The largest absolute Gasteiger partial charge is 0.347 e. The van der Waals surface area contributed by atoms with Crippen LogP contribution >= 0.6 is 23.8 Å². The molecule has 2 rings (SSSR count). The number of amides is 1. The molecule has 1 aromatic rings. The van der Waals surface area contributed by atoms with Crippen molar-refractivity contribution in [2.24, 2.45) is 5.92 Å². The summed E-state index contributed by atoms with van der Waals surface area (Å²) < 4.78 is 0. The zero-order valence-electron chi connectivity index (χ0n) is 10.8. The van der Waals surface area contributed by atoms with E-state index in [9.17, 15) is 10.1 Å². The van der Waals surface area contributed by atoms with E-state index in [1.807, 2.05) is 6.07 Å². The number of likely N-dealkylation sites (tertiary alicyclic amines) is 1. The van der Waals surface area contributed by atoms with E-state index in [0.29, 0.717) is 23.8 Å². The van der Waals surface area contributed by atoms with Gasteiger partial charge in [0.25, 0.3) is 0 Å². The molecule has 0 bridgehead atoms. The van der Waals surface area contributed by atoms with E-state index in [-0.39, 0.29) is 10.9 Å². The molecule has 1 aliphatic rings. The number of carbonyl (C=O) groups is 1. The van der Waals surface area contributed by atoms with Crippen molar-refractivity contribution >= 4 is 40.4 Å². The molecule has 0 radical (unpaired) electrons. The van der Waals surface area contributed by atoms with Gasteiger partial charge in [0, 0.05) is 13.1 Å². The maximum absolute atomic E-state index is 12.2. The number of para-hydroxylation sites is 1. The highest BCUT2D eigenvalue weighted by Gasteiger charge is 2.29. The zero-order chi connectivity index (χ0) is 14.5. The molecule has 0 unspecified atom stereocenters. The van der Waals surface area contributed by atoms with E-state index < -0.39 is 5.92 Å². The number of nitrogens with zero attached hydrogens (tertiary/aromatic N) is 2. The van der Waals surface area contributed by atoms with Crippen LogP contribution in [0.2, 0.25) is 5.02 Å². The average Bonchev–Trinajstić information content (AvgIpc) is 2.96. The van der Waals surface area contributed by atoms with Gasteiger partial charge in [-0.1, -0.05) is 36.0 Å². The Labute approximate surface area is 128 Å². The Balaban J connectivity index is 2.08. The summed E-state index contributed by atoms with van der Waals surface area (Å²) in [5.41, 5.74) is 0.605. The Hall–Kier alpha value is -1.64. The number of carbonyl (C=O) groups excluding carboxylic acids is 1. The molecule has 1 N–H and O–H groups in total. The van der Waals surface area contributed by atoms with Crippen molar-refractivity contribution in [3.63, 3.8) is 0 Å². The molecular formula is C14H14ClN3OS. The van der Waals surface area contributed by atoms with Crippen molar-refractivity contribution in [2.75, 3.05) is 18.4 Å². The van der Waals surface area contributed by atoms with Gasteiger partial charge < -0.3 is 10.2 Å². The average molecular weight is 308 g/mol. The van der Waals surface area contributed by atoms with Gasteiger partial charge in [0.2, 0.25) is 5.91 Å². The number of hydrogen-bond donors (Lipinski definition) is 1. The first-order valence-electron chi connectivity index (χ1n) is 6.37. The minimum atomic E-state index is -0.959. The number of nitriles is 1. The van der Waals surface area contributed by atoms with E-state index in [2.05, 4.69) is 5.32 Å². The molecule has 104 valence electrons. The zero-order valence-corrected chi connectivity index (χ0v) is 12.4. The van der Waals surface area contributed by atoms with Crippen LogP contribution < -0.4 is 5.32 Å². The van der Waals surface area contributed by atoms with Crippen LogP contribution in [0.5, 0.6) is 0 Å². The predicted octanol–water partition coefficient (Wildman–Crippen LogP) is 2.84. The fourth-order valence-corrected chi connectivity index (χ4v) is 2.56. The number of halogens is 1. The van der Waals surface area contributed by atoms with Gasteiger partial charge in [0.1, 0.15) is 4.99 Å².